The monoisotopic (exact) mass is 303 g/mol. The number of pyridine rings is 1. The second kappa shape index (κ2) is 5.17. The smallest absolute Gasteiger partial charge is 0.211 e. The topological polar surface area (TPSA) is 71.0 Å². The first-order valence-electron chi connectivity index (χ1n) is 7.15. The Bertz CT molecular complexity index is 894. The number of carbonyl (C=O) groups excluding carboxylic acids is 1. The van der Waals surface area contributed by atoms with Gasteiger partial charge in [-0.1, -0.05) is 6.07 Å². The van der Waals surface area contributed by atoms with Gasteiger partial charge in [-0.2, -0.15) is 0 Å². The SMILES string of the molecule is CN1c2ccc(C(=O)c3ccccn3)cc2Nc2nccnc21. The van der Waals surface area contributed by atoms with Crippen LogP contribution in [0.3, 0.4) is 0 Å². The van der Waals surface area contributed by atoms with E-state index in [9.17, 15) is 4.79 Å². The van der Waals surface area contributed by atoms with E-state index in [1.165, 1.54) is 0 Å². The molecule has 1 aromatic carbocycles. The summed E-state index contributed by atoms with van der Waals surface area (Å²) in [7, 11) is 1.92. The number of aromatic nitrogens is 3. The van der Waals surface area contributed by atoms with Crippen molar-refractivity contribution in [3.8, 4) is 0 Å². The zero-order valence-electron chi connectivity index (χ0n) is 12.4. The largest absolute Gasteiger partial charge is 0.335 e. The number of ketones is 1. The highest BCUT2D eigenvalue weighted by Crippen LogP contribution is 2.40. The summed E-state index contributed by atoms with van der Waals surface area (Å²) in [5, 5.41) is 3.23. The van der Waals surface area contributed by atoms with E-state index >= 15 is 0 Å². The van der Waals surface area contributed by atoms with Gasteiger partial charge in [0.25, 0.3) is 0 Å². The van der Waals surface area contributed by atoms with E-state index in [0.29, 0.717) is 17.1 Å². The highest BCUT2D eigenvalue weighted by atomic mass is 16.1. The number of hydrogen-bond donors (Lipinski definition) is 1. The first kappa shape index (κ1) is 13.4. The molecule has 1 N–H and O–H groups in total. The Balaban J connectivity index is 1.75. The molecule has 0 saturated heterocycles. The summed E-state index contributed by atoms with van der Waals surface area (Å²) in [6.07, 6.45) is 4.90. The van der Waals surface area contributed by atoms with Crippen LogP contribution in [-0.4, -0.2) is 27.8 Å². The maximum absolute atomic E-state index is 12.5. The number of rotatable bonds is 2. The Hall–Kier alpha value is -3.28. The number of nitrogens with zero attached hydrogens (tertiary/aromatic N) is 4. The maximum Gasteiger partial charge on any atom is 0.211 e. The average molecular weight is 303 g/mol. The summed E-state index contributed by atoms with van der Waals surface area (Å²) >= 11 is 0. The van der Waals surface area contributed by atoms with Crippen LogP contribution in [0.15, 0.2) is 55.0 Å². The Morgan fingerprint density at radius 1 is 1.04 bits per heavy atom. The predicted octanol–water partition coefficient (Wildman–Crippen LogP) is 2.93. The van der Waals surface area contributed by atoms with Crippen LogP contribution in [0.1, 0.15) is 16.1 Å². The van der Waals surface area contributed by atoms with Gasteiger partial charge in [0.05, 0.1) is 11.4 Å². The molecular weight excluding hydrogens is 290 g/mol. The van der Waals surface area contributed by atoms with Crippen molar-refractivity contribution in [3.05, 3.63) is 66.2 Å². The lowest BCUT2D eigenvalue weighted by Crippen LogP contribution is -2.20. The lowest BCUT2D eigenvalue weighted by Gasteiger charge is -2.28. The van der Waals surface area contributed by atoms with Crippen LogP contribution >= 0.6 is 0 Å². The molecule has 0 atom stereocenters. The van der Waals surface area contributed by atoms with E-state index in [2.05, 4.69) is 20.3 Å². The molecule has 6 nitrogen and oxygen atoms in total. The van der Waals surface area contributed by atoms with Crippen molar-refractivity contribution in [2.45, 2.75) is 0 Å². The number of carbonyl (C=O) groups is 1. The summed E-state index contributed by atoms with van der Waals surface area (Å²) in [5.41, 5.74) is 2.77. The standard InChI is InChI=1S/C17H13N5O/c1-22-14-6-5-11(15(23)12-4-2-3-7-18-12)10-13(14)21-16-17(22)20-9-8-19-16/h2-10H,1H3,(H,19,21). The molecule has 3 heterocycles. The molecule has 3 aromatic rings. The fraction of sp³-hybridized carbons (Fsp3) is 0.0588. The molecule has 4 rings (SSSR count). The van der Waals surface area contributed by atoms with E-state index in [1.54, 1.807) is 42.9 Å². The summed E-state index contributed by atoms with van der Waals surface area (Å²) in [6.45, 7) is 0. The number of nitrogens with one attached hydrogen (secondary N) is 1. The molecule has 0 fully saturated rings. The number of hydrogen-bond acceptors (Lipinski definition) is 6. The molecular formula is C17H13N5O. The number of anilines is 4. The molecule has 1 aliphatic heterocycles. The second-order valence-electron chi connectivity index (χ2n) is 5.19. The lowest BCUT2D eigenvalue weighted by molar-refractivity contribution is 0.103. The van der Waals surface area contributed by atoms with Gasteiger partial charge in [-0.25, -0.2) is 9.97 Å². The molecule has 0 aliphatic carbocycles. The van der Waals surface area contributed by atoms with Crippen molar-refractivity contribution < 1.29 is 4.79 Å². The molecule has 6 heteroatoms. The van der Waals surface area contributed by atoms with Crippen LogP contribution in [0.2, 0.25) is 0 Å². The predicted molar refractivity (Wildman–Crippen MR) is 87.5 cm³/mol. The van der Waals surface area contributed by atoms with Gasteiger partial charge < -0.3 is 10.2 Å². The summed E-state index contributed by atoms with van der Waals surface area (Å²) in [6, 6.07) is 10.8. The third-order valence-corrected chi connectivity index (χ3v) is 3.77. The Morgan fingerprint density at radius 3 is 2.74 bits per heavy atom. The normalized spacial score (nSPS) is 12.1. The van der Waals surface area contributed by atoms with Gasteiger partial charge in [-0.05, 0) is 30.3 Å². The lowest BCUT2D eigenvalue weighted by atomic mass is 10.0. The quantitative estimate of drug-likeness (QED) is 0.734. The first-order valence-corrected chi connectivity index (χ1v) is 7.15. The summed E-state index contributed by atoms with van der Waals surface area (Å²) < 4.78 is 0. The van der Waals surface area contributed by atoms with Crippen molar-refractivity contribution in [1.29, 1.82) is 0 Å². The fourth-order valence-electron chi connectivity index (χ4n) is 2.62. The van der Waals surface area contributed by atoms with E-state index in [-0.39, 0.29) is 5.78 Å². The van der Waals surface area contributed by atoms with Crippen molar-refractivity contribution in [1.82, 2.24) is 15.0 Å². The molecule has 23 heavy (non-hydrogen) atoms. The van der Waals surface area contributed by atoms with E-state index in [4.69, 9.17) is 0 Å². The van der Waals surface area contributed by atoms with Crippen LogP contribution in [-0.2, 0) is 0 Å². The summed E-state index contributed by atoms with van der Waals surface area (Å²) in [5.74, 6) is 1.32. The maximum atomic E-state index is 12.5. The second-order valence-corrected chi connectivity index (χ2v) is 5.19. The minimum atomic E-state index is -0.109. The zero-order chi connectivity index (χ0) is 15.8. The van der Waals surface area contributed by atoms with Crippen molar-refractivity contribution in [3.63, 3.8) is 0 Å². The van der Waals surface area contributed by atoms with Crippen LogP contribution in [0, 0.1) is 0 Å². The van der Waals surface area contributed by atoms with Gasteiger partial charge >= 0.3 is 0 Å². The van der Waals surface area contributed by atoms with Gasteiger partial charge in [0, 0.05) is 31.2 Å². The van der Waals surface area contributed by atoms with E-state index in [1.807, 2.05) is 24.1 Å². The molecule has 0 saturated carbocycles. The summed E-state index contributed by atoms with van der Waals surface area (Å²) in [4.78, 5) is 27.2. The highest BCUT2D eigenvalue weighted by molar-refractivity contribution is 6.09. The minimum absolute atomic E-state index is 0.109. The van der Waals surface area contributed by atoms with Gasteiger partial charge in [0.15, 0.2) is 11.6 Å². The van der Waals surface area contributed by atoms with E-state index < -0.39 is 0 Å². The van der Waals surface area contributed by atoms with Crippen LogP contribution in [0.5, 0.6) is 0 Å². The molecule has 0 bridgehead atoms. The minimum Gasteiger partial charge on any atom is -0.335 e. The van der Waals surface area contributed by atoms with Gasteiger partial charge in [-0.3, -0.25) is 9.78 Å². The Morgan fingerprint density at radius 2 is 1.91 bits per heavy atom. The molecule has 1 aliphatic rings. The third-order valence-electron chi connectivity index (χ3n) is 3.77. The van der Waals surface area contributed by atoms with Crippen molar-refractivity contribution in [2.75, 3.05) is 17.3 Å². The fourth-order valence-corrected chi connectivity index (χ4v) is 2.62. The third kappa shape index (κ3) is 2.20. The molecule has 0 amide bonds. The number of benzene rings is 1. The Kier molecular flexibility index (Phi) is 3.01. The zero-order valence-corrected chi connectivity index (χ0v) is 12.4. The van der Waals surface area contributed by atoms with Crippen LogP contribution in [0.25, 0.3) is 0 Å². The van der Waals surface area contributed by atoms with Gasteiger partial charge in [0.1, 0.15) is 5.69 Å². The molecule has 112 valence electrons. The average Bonchev–Trinajstić information content (AvgIpc) is 2.61. The molecule has 0 radical (unpaired) electrons. The van der Waals surface area contributed by atoms with Gasteiger partial charge in [-0.15, -0.1) is 0 Å². The van der Waals surface area contributed by atoms with Gasteiger partial charge in [0.2, 0.25) is 5.78 Å². The van der Waals surface area contributed by atoms with Crippen molar-refractivity contribution >= 4 is 28.8 Å². The van der Waals surface area contributed by atoms with Crippen LogP contribution < -0.4 is 10.2 Å². The van der Waals surface area contributed by atoms with E-state index in [0.717, 1.165) is 17.2 Å². The number of fused-ring (bicyclic) bond motifs is 2. The Labute approximate surface area is 132 Å². The molecule has 2 aromatic heterocycles. The van der Waals surface area contributed by atoms with Crippen molar-refractivity contribution in [2.24, 2.45) is 0 Å². The first-order chi connectivity index (χ1) is 11.2. The molecule has 0 spiro atoms. The highest BCUT2D eigenvalue weighted by Gasteiger charge is 2.23. The van der Waals surface area contributed by atoms with Crippen LogP contribution in [0.4, 0.5) is 23.0 Å². The molecule has 0 unspecified atom stereocenters.